The van der Waals surface area contributed by atoms with Crippen LogP contribution >= 0.6 is 0 Å². The third kappa shape index (κ3) is 2.58. The molecule has 5 saturated carbocycles. The van der Waals surface area contributed by atoms with E-state index in [1.807, 2.05) is 7.11 Å². The second kappa shape index (κ2) is 6.72. The second-order valence-corrected chi connectivity index (χ2v) is 13.6. The van der Waals surface area contributed by atoms with Crippen LogP contribution in [0.5, 0.6) is 0 Å². The Balaban J connectivity index is 1.24. The van der Waals surface area contributed by atoms with Gasteiger partial charge in [0.05, 0.1) is 18.3 Å². The highest BCUT2D eigenvalue weighted by Gasteiger charge is 2.77. The number of hydrogen-bond acceptors (Lipinski definition) is 3. The first-order valence-corrected chi connectivity index (χ1v) is 13.6. The van der Waals surface area contributed by atoms with Gasteiger partial charge in [0.2, 0.25) is 0 Å². The van der Waals surface area contributed by atoms with Gasteiger partial charge in [-0.1, -0.05) is 34.6 Å². The van der Waals surface area contributed by atoms with Crippen molar-refractivity contribution in [3.8, 4) is 0 Å². The van der Waals surface area contributed by atoms with E-state index in [1.165, 1.54) is 51.4 Å². The van der Waals surface area contributed by atoms with Crippen molar-refractivity contribution in [3.05, 3.63) is 0 Å². The molecule has 1 aliphatic heterocycles. The predicted molar refractivity (Wildman–Crippen MR) is 122 cm³/mol. The molecule has 1 N–H and O–H groups in total. The Kier molecular flexibility index (Phi) is 4.65. The van der Waals surface area contributed by atoms with E-state index >= 15 is 0 Å². The summed E-state index contributed by atoms with van der Waals surface area (Å²) < 4.78 is 12.2. The average Bonchev–Trinajstić information content (AvgIpc) is 3.62. The minimum absolute atomic E-state index is 0.0746. The Morgan fingerprint density at radius 3 is 2.39 bits per heavy atom. The molecule has 31 heavy (non-hydrogen) atoms. The van der Waals surface area contributed by atoms with Crippen molar-refractivity contribution in [2.75, 3.05) is 7.11 Å². The maximum atomic E-state index is 11.2. The molecule has 0 aromatic heterocycles. The van der Waals surface area contributed by atoms with Crippen molar-refractivity contribution in [3.63, 3.8) is 0 Å². The standard InChI is InChI=1S/C28H46O3/c1-15(2)24-25(31-24)23(29)16(3)19-7-8-20-18-13-22(30-6)28-14-17(28)9-12-27(28,5)21(18)10-11-26(19,20)4/h15-25,29H,7-14H2,1-6H3/t16-,17-,18-,19+,20-,21-,22+,23+,24+,25-,26+,27+,28-/m0/s1. The summed E-state index contributed by atoms with van der Waals surface area (Å²) in [6.07, 6.45) is 11.6. The minimum Gasteiger partial charge on any atom is -0.390 e. The van der Waals surface area contributed by atoms with Gasteiger partial charge in [-0.25, -0.2) is 0 Å². The van der Waals surface area contributed by atoms with E-state index in [0.717, 1.165) is 23.7 Å². The molecule has 1 saturated heterocycles. The lowest BCUT2D eigenvalue weighted by atomic mass is 9.45. The van der Waals surface area contributed by atoms with Crippen LogP contribution in [-0.4, -0.2) is 36.6 Å². The zero-order valence-corrected chi connectivity index (χ0v) is 20.8. The molecule has 3 heteroatoms. The monoisotopic (exact) mass is 430 g/mol. The fraction of sp³-hybridized carbons (Fsp3) is 1.00. The van der Waals surface area contributed by atoms with Crippen molar-refractivity contribution in [1.82, 2.24) is 0 Å². The normalized spacial score (nSPS) is 58.8. The van der Waals surface area contributed by atoms with Gasteiger partial charge in [-0.15, -0.1) is 0 Å². The molecule has 6 aliphatic rings. The van der Waals surface area contributed by atoms with E-state index in [1.54, 1.807) is 0 Å². The van der Waals surface area contributed by atoms with Crippen LogP contribution in [0, 0.1) is 57.7 Å². The van der Waals surface area contributed by atoms with Crippen LogP contribution in [0.15, 0.2) is 0 Å². The molecule has 1 spiro atoms. The SMILES string of the molecule is CO[C@@H]1C[C@H]2[C@@H]3CC[C@H]([C@H](C)[C@@H](O)[C@@H]4O[C@@H]4C(C)C)[C@@]3(C)CC[C@@H]2[C@@]2(C)CC[C@H]3C[C@]312. The summed E-state index contributed by atoms with van der Waals surface area (Å²) >= 11 is 0. The van der Waals surface area contributed by atoms with Gasteiger partial charge >= 0.3 is 0 Å². The Bertz CT molecular complexity index is 736. The highest BCUT2D eigenvalue weighted by molar-refractivity contribution is 5.26. The lowest BCUT2D eigenvalue weighted by molar-refractivity contribution is -0.162. The summed E-state index contributed by atoms with van der Waals surface area (Å²) in [4.78, 5) is 0. The molecule has 0 bridgehead atoms. The van der Waals surface area contributed by atoms with Crippen LogP contribution in [-0.2, 0) is 9.47 Å². The van der Waals surface area contributed by atoms with Crippen molar-refractivity contribution >= 4 is 0 Å². The van der Waals surface area contributed by atoms with Crippen molar-refractivity contribution in [1.29, 1.82) is 0 Å². The topological polar surface area (TPSA) is 42.0 Å². The lowest BCUT2D eigenvalue weighted by Gasteiger charge is -2.61. The van der Waals surface area contributed by atoms with Crippen molar-refractivity contribution < 1.29 is 14.6 Å². The van der Waals surface area contributed by atoms with E-state index in [2.05, 4.69) is 34.6 Å². The van der Waals surface area contributed by atoms with E-state index in [-0.39, 0.29) is 18.3 Å². The highest BCUT2D eigenvalue weighted by atomic mass is 16.6. The zero-order valence-electron chi connectivity index (χ0n) is 20.8. The van der Waals surface area contributed by atoms with Gasteiger partial charge in [0.15, 0.2) is 0 Å². The number of aliphatic hydroxyl groups excluding tert-OH is 1. The quantitative estimate of drug-likeness (QED) is 0.570. The Hall–Kier alpha value is -0.120. The zero-order chi connectivity index (χ0) is 21.9. The number of aliphatic hydroxyl groups is 1. The summed E-state index contributed by atoms with van der Waals surface area (Å²) in [6, 6.07) is 0. The van der Waals surface area contributed by atoms with Gasteiger partial charge in [-0.05, 0) is 104 Å². The maximum absolute atomic E-state index is 11.2. The van der Waals surface area contributed by atoms with E-state index in [0.29, 0.717) is 40.1 Å². The van der Waals surface area contributed by atoms with Gasteiger partial charge in [-0.2, -0.15) is 0 Å². The van der Waals surface area contributed by atoms with Gasteiger partial charge in [0.1, 0.15) is 6.10 Å². The van der Waals surface area contributed by atoms with Crippen LogP contribution in [0.3, 0.4) is 0 Å². The number of rotatable bonds is 5. The average molecular weight is 431 g/mol. The molecule has 0 aromatic carbocycles. The molecule has 13 atom stereocenters. The van der Waals surface area contributed by atoms with Gasteiger partial charge in [-0.3, -0.25) is 0 Å². The molecular formula is C28H46O3. The summed E-state index contributed by atoms with van der Waals surface area (Å²) in [5, 5.41) is 11.2. The number of ether oxygens (including phenoxy) is 2. The first kappa shape index (κ1) is 21.4. The Labute approximate surface area is 190 Å². The smallest absolute Gasteiger partial charge is 0.110 e. The first-order chi connectivity index (χ1) is 14.7. The summed E-state index contributed by atoms with van der Waals surface area (Å²) in [6.45, 7) is 12.0. The van der Waals surface area contributed by atoms with Crippen molar-refractivity contribution in [2.24, 2.45) is 57.7 Å². The minimum atomic E-state index is -0.299. The fourth-order valence-corrected chi connectivity index (χ4v) is 11.0. The van der Waals surface area contributed by atoms with Crippen molar-refractivity contribution in [2.45, 2.75) is 110 Å². The second-order valence-electron chi connectivity index (χ2n) is 13.6. The molecule has 0 unspecified atom stereocenters. The molecule has 0 aromatic rings. The van der Waals surface area contributed by atoms with E-state index < -0.39 is 0 Å². The fourth-order valence-electron chi connectivity index (χ4n) is 11.0. The van der Waals surface area contributed by atoms with Gasteiger partial charge < -0.3 is 14.6 Å². The number of hydrogen-bond donors (Lipinski definition) is 1. The summed E-state index contributed by atoms with van der Waals surface area (Å²) in [7, 11) is 1.99. The molecule has 6 rings (SSSR count). The number of epoxide rings is 1. The molecule has 0 amide bonds. The van der Waals surface area contributed by atoms with E-state index in [4.69, 9.17) is 9.47 Å². The Morgan fingerprint density at radius 2 is 1.74 bits per heavy atom. The van der Waals surface area contributed by atoms with Crippen LogP contribution in [0.25, 0.3) is 0 Å². The van der Waals surface area contributed by atoms with Crippen LogP contribution < -0.4 is 0 Å². The molecule has 3 nitrogen and oxygen atoms in total. The van der Waals surface area contributed by atoms with Gasteiger partial charge in [0, 0.05) is 12.5 Å². The molecular weight excluding hydrogens is 384 g/mol. The van der Waals surface area contributed by atoms with Crippen LogP contribution in [0.2, 0.25) is 0 Å². The van der Waals surface area contributed by atoms with Crippen LogP contribution in [0.4, 0.5) is 0 Å². The molecule has 6 fully saturated rings. The molecule has 5 aliphatic carbocycles. The third-order valence-electron chi connectivity index (χ3n) is 12.6. The number of fused-ring (bicyclic) bond motifs is 4. The maximum Gasteiger partial charge on any atom is 0.110 e. The summed E-state index contributed by atoms with van der Waals surface area (Å²) in [5.41, 5.74) is 1.41. The van der Waals surface area contributed by atoms with Crippen LogP contribution in [0.1, 0.15) is 86.0 Å². The molecule has 1 heterocycles. The Morgan fingerprint density at radius 1 is 0.968 bits per heavy atom. The third-order valence-corrected chi connectivity index (χ3v) is 12.6. The van der Waals surface area contributed by atoms with Gasteiger partial charge in [0.25, 0.3) is 0 Å². The lowest BCUT2D eigenvalue weighted by Crippen LogP contribution is -2.57. The molecule has 176 valence electrons. The predicted octanol–water partition coefficient (Wildman–Crippen LogP) is 5.69. The highest BCUT2D eigenvalue weighted by Crippen LogP contribution is 2.82. The largest absolute Gasteiger partial charge is 0.390 e. The molecule has 0 radical (unpaired) electrons. The number of methoxy groups -OCH3 is 1. The first-order valence-electron chi connectivity index (χ1n) is 13.6. The summed E-state index contributed by atoms with van der Waals surface area (Å²) in [5.74, 6) is 4.98. The van der Waals surface area contributed by atoms with E-state index in [9.17, 15) is 5.11 Å².